The van der Waals surface area contributed by atoms with Gasteiger partial charge < -0.3 is 9.64 Å². The zero-order valence-corrected chi connectivity index (χ0v) is 7.57. The van der Waals surface area contributed by atoms with Crippen LogP contribution in [0, 0.1) is 0 Å². The van der Waals surface area contributed by atoms with E-state index in [1.807, 2.05) is 37.2 Å². The predicted octanol–water partition coefficient (Wildman–Crippen LogP) is 0.933. The molecular formula is C9H13NO2. The van der Waals surface area contributed by atoms with Gasteiger partial charge in [0, 0.05) is 7.05 Å². The maximum absolute atomic E-state index is 11.2. The van der Waals surface area contributed by atoms with Crippen LogP contribution in [0.1, 0.15) is 6.92 Å². The average Bonchev–Trinajstić information content (AvgIpc) is 2.03. The molecule has 0 N–H and O–H groups in total. The maximum Gasteiger partial charge on any atom is 0.332 e. The summed E-state index contributed by atoms with van der Waals surface area (Å²) in [6.45, 7) is 1.92. The number of likely N-dealkylation sites (N-methyl/N-ethyl adjacent to an activating group) is 1. The molecule has 1 rings (SSSR count). The fourth-order valence-electron chi connectivity index (χ4n) is 1.29. The first-order chi connectivity index (χ1) is 5.66. The first-order valence-electron chi connectivity index (χ1n) is 3.81. The van der Waals surface area contributed by atoms with Crippen molar-refractivity contribution in [2.45, 2.75) is 13.0 Å². The van der Waals surface area contributed by atoms with Crippen molar-refractivity contribution >= 4 is 5.97 Å². The van der Waals surface area contributed by atoms with Crippen LogP contribution in [0.2, 0.25) is 0 Å². The van der Waals surface area contributed by atoms with E-state index in [-0.39, 0.29) is 12.0 Å². The van der Waals surface area contributed by atoms with Crippen molar-refractivity contribution in [3.63, 3.8) is 0 Å². The van der Waals surface area contributed by atoms with Crippen LogP contribution in [-0.4, -0.2) is 31.1 Å². The number of hydrogen-bond acceptors (Lipinski definition) is 3. The van der Waals surface area contributed by atoms with Crippen LogP contribution < -0.4 is 0 Å². The molecule has 0 aromatic rings. The Balaban J connectivity index is 2.82. The smallest absolute Gasteiger partial charge is 0.332 e. The normalized spacial score (nSPS) is 22.1. The number of carbonyl (C=O) groups is 1. The van der Waals surface area contributed by atoms with Crippen molar-refractivity contribution < 1.29 is 9.53 Å². The molecule has 66 valence electrons. The quantitative estimate of drug-likeness (QED) is 0.544. The molecule has 0 bridgehead atoms. The summed E-state index contributed by atoms with van der Waals surface area (Å²) < 4.78 is 4.68. The summed E-state index contributed by atoms with van der Waals surface area (Å²) in [5, 5.41) is 0. The second-order valence-corrected chi connectivity index (χ2v) is 2.84. The molecule has 0 saturated carbocycles. The minimum Gasteiger partial charge on any atom is -0.467 e. The lowest BCUT2D eigenvalue weighted by atomic mass is 10.1. The Kier molecular flexibility index (Phi) is 2.53. The summed E-state index contributed by atoms with van der Waals surface area (Å²) in [5.41, 5.74) is 1.01. The number of ether oxygens (including phenoxy) is 1. The van der Waals surface area contributed by atoms with E-state index in [4.69, 9.17) is 0 Å². The molecule has 0 aromatic carbocycles. The molecular weight excluding hydrogens is 154 g/mol. The maximum atomic E-state index is 11.2. The number of methoxy groups -OCH3 is 1. The zero-order valence-electron chi connectivity index (χ0n) is 7.57. The number of nitrogens with zero attached hydrogens (tertiary/aromatic N) is 1. The first-order valence-corrected chi connectivity index (χ1v) is 3.81. The van der Waals surface area contributed by atoms with Crippen LogP contribution >= 0.6 is 0 Å². The highest BCUT2D eigenvalue weighted by molar-refractivity contribution is 5.79. The second kappa shape index (κ2) is 3.43. The minimum absolute atomic E-state index is 0.212. The van der Waals surface area contributed by atoms with E-state index in [1.165, 1.54) is 7.11 Å². The lowest BCUT2D eigenvalue weighted by molar-refractivity contribution is -0.144. The molecule has 0 saturated heterocycles. The zero-order chi connectivity index (χ0) is 9.14. The van der Waals surface area contributed by atoms with Gasteiger partial charge in [0.05, 0.1) is 7.11 Å². The number of esters is 1. The molecule has 1 aliphatic heterocycles. The van der Waals surface area contributed by atoms with Crippen LogP contribution in [0.5, 0.6) is 0 Å². The van der Waals surface area contributed by atoms with Crippen LogP contribution in [0.25, 0.3) is 0 Å². The van der Waals surface area contributed by atoms with Crippen LogP contribution in [-0.2, 0) is 9.53 Å². The van der Waals surface area contributed by atoms with Gasteiger partial charge in [-0.3, -0.25) is 0 Å². The molecule has 1 unspecified atom stereocenters. The lowest BCUT2D eigenvalue weighted by Gasteiger charge is -2.27. The molecule has 0 amide bonds. The van der Waals surface area contributed by atoms with E-state index in [9.17, 15) is 4.79 Å². The molecule has 1 atom stereocenters. The van der Waals surface area contributed by atoms with Gasteiger partial charge in [-0.2, -0.15) is 0 Å². The molecule has 0 fully saturated rings. The summed E-state index contributed by atoms with van der Waals surface area (Å²) in [6.07, 6.45) is 5.69. The third-order valence-corrected chi connectivity index (χ3v) is 1.94. The fraction of sp³-hybridized carbons (Fsp3) is 0.444. The molecule has 3 nitrogen and oxygen atoms in total. The predicted molar refractivity (Wildman–Crippen MR) is 46.5 cm³/mol. The van der Waals surface area contributed by atoms with Crippen molar-refractivity contribution in [3.05, 3.63) is 23.9 Å². The van der Waals surface area contributed by atoms with Gasteiger partial charge in [0.15, 0.2) is 0 Å². The highest BCUT2D eigenvalue weighted by atomic mass is 16.5. The van der Waals surface area contributed by atoms with Gasteiger partial charge in [-0.05, 0) is 24.8 Å². The van der Waals surface area contributed by atoms with E-state index in [0.717, 1.165) is 5.57 Å². The van der Waals surface area contributed by atoms with Crippen molar-refractivity contribution in [2.24, 2.45) is 0 Å². The Bertz CT molecular complexity index is 243. The molecule has 0 spiro atoms. The highest BCUT2D eigenvalue weighted by Crippen LogP contribution is 2.14. The van der Waals surface area contributed by atoms with Gasteiger partial charge in [0.2, 0.25) is 0 Å². The number of carbonyl (C=O) groups excluding carboxylic acids is 1. The largest absolute Gasteiger partial charge is 0.467 e. The average molecular weight is 167 g/mol. The third-order valence-electron chi connectivity index (χ3n) is 1.94. The minimum atomic E-state index is -0.250. The second-order valence-electron chi connectivity index (χ2n) is 2.84. The first kappa shape index (κ1) is 8.84. The van der Waals surface area contributed by atoms with Crippen molar-refractivity contribution in [3.8, 4) is 0 Å². The Hall–Kier alpha value is -1.25. The Labute approximate surface area is 72.3 Å². The molecule has 12 heavy (non-hydrogen) atoms. The number of rotatable bonds is 1. The summed E-state index contributed by atoms with van der Waals surface area (Å²) in [5.74, 6) is -0.212. The van der Waals surface area contributed by atoms with Gasteiger partial charge >= 0.3 is 5.97 Å². The molecule has 0 aliphatic carbocycles. The van der Waals surface area contributed by atoms with E-state index >= 15 is 0 Å². The topological polar surface area (TPSA) is 29.5 Å². The van der Waals surface area contributed by atoms with Gasteiger partial charge in [0.1, 0.15) is 6.04 Å². The number of allylic oxidation sites excluding steroid dienone is 2. The van der Waals surface area contributed by atoms with Crippen LogP contribution in [0.3, 0.4) is 0 Å². The van der Waals surface area contributed by atoms with E-state index in [2.05, 4.69) is 4.74 Å². The molecule has 0 aromatic heterocycles. The standard InChI is InChI=1S/C9H13NO2/c1-7-5-4-6-10(2)8(7)9(11)12-3/h4-6,8H,1-3H3. The van der Waals surface area contributed by atoms with Gasteiger partial charge in [-0.25, -0.2) is 4.79 Å². The molecule has 3 heteroatoms. The van der Waals surface area contributed by atoms with Gasteiger partial charge in [-0.15, -0.1) is 0 Å². The number of hydrogen-bond donors (Lipinski definition) is 0. The fourth-order valence-corrected chi connectivity index (χ4v) is 1.29. The summed E-state index contributed by atoms with van der Waals surface area (Å²) in [6, 6.07) is -0.250. The lowest BCUT2D eigenvalue weighted by Crippen LogP contribution is -2.38. The van der Waals surface area contributed by atoms with Crippen molar-refractivity contribution in [1.82, 2.24) is 4.90 Å². The molecule has 1 aliphatic rings. The highest BCUT2D eigenvalue weighted by Gasteiger charge is 2.24. The summed E-state index contributed by atoms with van der Waals surface area (Å²) in [4.78, 5) is 13.1. The monoisotopic (exact) mass is 167 g/mol. The Morgan fingerprint density at radius 3 is 2.83 bits per heavy atom. The summed E-state index contributed by atoms with van der Waals surface area (Å²) >= 11 is 0. The van der Waals surface area contributed by atoms with E-state index in [0.29, 0.717) is 0 Å². The Morgan fingerprint density at radius 1 is 1.67 bits per heavy atom. The van der Waals surface area contributed by atoms with Gasteiger partial charge in [-0.1, -0.05) is 6.08 Å². The van der Waals surface area contributed by atoms with E-state index in [1.54, 1.807) is 0 Å². The molecule has 0 radical (unpaired) electrons. The van der Waals surface area contributed by atoms with Crippen molar-refractivity contribution in [1.29, 1.82) is 0 Å². The van der Waals surface area contributed by atoms with Gasteiger partial charge in [0.25, 0.3) is 0 Å². The third kappa shape index (κ3) is 1.49. The molecule has 1 heterocycles. The van der Waals surface area contributed by atoms with E-state index < -0.39 is 0 Å². The van der Waals surface area contributed by atoms with Crippen LogP contribution in [0.15, 0.2) is 23.9 Å². The SMILES string of the molecule is COC(=O)C1C(C)=CC=CN1C. The van der Waals surface area contributed by atoms with Crippen molar-refractivity contribution in [2.75, 3.05) is 14.2 Å². The Morgan fingerprint density at radius 2 is 2.33 bits per heavy atom. The summed E-state index contributed by atoms with van der Waals surface area (Å²) in [7, 11) is 3.26. The van der Waals surface area contributed by atoms with Crippen LogP contribution in [0.4, 0.5) is 0 Å².